The van der Waals surface area contributed by atoms with Gasteiger partial charge in [0.1, 0.15) is 0 Å². The third-order valence-electron chi connectivity index (χ3n) is 3.12. The van der Waals surface area contributed by atoms with Crippen LogP contribution in [0.15, 0.2) is 36.4 Å². The minimum absolute atomic E-state index is 0.258. The van der Waals surface area contributed by atoms with Gasteiger partial charge in [0.15, 0.2) is 0 Å². The van der Waals surface area contributed by atoms with Gasteiger partial charge in [-0.05, 0) is 16.5 Å². The second-order valence-corrected chi connectivity index (χ2v) is 5.61. The SMILES string of the molecule is CC(C)(C)c1ccc(CN2CC=CC2)cc1. The summed E-state index contributed by atoms with van der Waals surface area (Å²) in [7, 11) is 0. The van der Waals surface area contributed by atoms with E-state index >= 15 is 0 Å². The summed E-state index contributed by atoms with van der Waals surface area (Å²) >= 11 is 0. The van der Waals surface area contributed by atoms with Gasteiger partial charge in [-0.15, -0.1) is 0 Å². The molecule has 1 heterocycles. The molecule has 86 valence electrons. The summed E-state index contributed by atoms with van der Waals surface area (Å²) in [4.78, 5) is 2.44. The summed E-state index contributed by atoms with van der Waals surface area (Å²) in [6.45, 7) is 10.0. The van der Waals surface area contributed by atoms with Gasteiger partial charge in [-0.3, -0.25) is 4.90 Å². The zero-order chi connectivity index (χ0) is 11.6. The normalized spacial score (nSPS) is 16.9. The molecule has 0 amide bonds. The van der Waals surface area contributed by atoms with Crippen LogP contribution in [0.2, 0.25) is 0 Å². The lowest BCUT2D eigenvalue weighted by Gasteiger charge is -2.20. The first kappa shape index (κ1) is 11.4. The van der Waals surface area contributed by atoms with Gasteiger partial charge in [0, 0.05) is 19.6 Å². The molecule has 1 aromatic rings. The van der Waals surface area contributed by atoms with E-state index in [4.69, 9.17) is 0 Å². The van der Waals surface area contributed by atoms with E-state index in [-0.39, 0.29) is 5.41 Å². The minimum Gasteiger partial charge on any atom is -0.292 e. The van der Waals surface area contributed by atoms with E-state index in [1.807, 2.05) is 0 Å². The van der Waals surface area contributed by atoms with E-state index in [2.05, 4.69) is 62.1 Å². The lowest BCUT2D eigenvalue weighted by atomic mass is 9.87. The summed E-state index contributed by atoms with van der Waals surface area (Å²) in [5, 5.41) is 0. The molecule has 16 heavy (non-hydrogen) atoms. The zero-order valence-corrected chi connectivity index (χ0v) is 10.5. The molecule has 0 N–H and O–H groups in total. The van der Waals surface area contributed by atoms with Gasteiger partial charge in [-0.1, -0.05) is 57.2 Å². The maximum absolute atomic E-state index is 2.44. The van der Waals surface area contributed by atoms with Crippen LogP contribution in [-0.4, -0.2) is 18.0 Å². The first-order valence-corrected chi connectivity index (χ1v) is 6.02. The Morgan fingerprint density at radius 2 is 1.56 bits per heavy atom. The molecule has 1 aliphatic rings. The average molecular weight is 215 g/mol. The molecule has 1 heteroatoms. The van der Waals surface area contributed by atoms with Crippen LogP contribution in [0.3, 0.4) is 0 Å². The Labute approximate surface area is 98.8 Å². The number of rotatable bonds is 2. The Balaban J connectivity index is 2.02. The highest BCUT2D eigenvalue weighted by Gasteiger charge is 2.13. The van der Waals surface area contributed by atoms with Crippen LogP contribution in [0, 0.1) is 0 Å². The maximum atomic E-state index is 2.44. The molecule has 1 aliphatic heterocycles. The largest absolute Gasteiger partial charge is 0.292 e. The molecule has 0 unspecified atom stereocenters. The summed E-state index contributed by atoms with van der Waals surface area (Å²) in [5.41, 5.74) is 3.08. The Hall–Kier alpha value is -1.08. The maximum Gasteiger partial charge on any atom is 0.0240 e. The first-order valence-electron chi connectivity index (χ1n) is 6.02. The van der Waals surface area contributed by atoms with E-state index in [0.29, 0.717) is 0 Å². The molecule has 0 aliphatic carbocycles. The van der Waals surface area contributed by atoms with Crippen molar-refractivity contribution in [2.75, 3.05) is 13.1 Å². The van der Waals surface area contributed by atoms with Crippen LogP contribution in [-0.2, 0) is 12.0 Å². The van der Waals surface area contributed by atoms with Gasteiger partial charge in [0.05, 0.1) is 0 Å². The monoisotopic (exact) mass is 215 g/mol. The lowest BCUT2D eigenvalue weighted by Crippen LogP contribution is -2.19. The molecule has 0 spiro atoms. The molecule has 0 aromatic heterocycles. The van der Waals surface area contributed by atoms with E-state index < -0.39 is 0 Å². The van der Waals surface area contributed by atoms with E-state index in [1.54, 1.807) is 0 Å². The van der Waals surface area contributed by atoms with Gasteiger partial charge in [0.2, 0.25) is 0 Å². The van der Waals surface area contributed by atoms with Gasteiger partial charge in [-0.2, -0.15) is 0 Å². The Morgan fingerprint density at radius 1 is 1.00 bits per heavy atom. The zero-order valence-electron chi connectivity index (χ0n) is 10.5. The van der Waals surface area contributed by atoms with Gasteiger partial charge in [0.25, 0.3) is 0 Å². The van der Waals surface area contributed by atoms with Crippen molar-refractivity contribution in [2.24, 2.45) is 0 Å². The van der Waals surface area contributed by atoms with Crippen molar-refractivity contribution in [3.8, 4) is 0 Å². The molecular formula is C15H21N. The summed E-state index contributed by atoms with van der Waals surface area (Å²) in [5.74, 6) is 0. The third kappa shape index (κ3) is 2.73. The van der Waals surface area contributed by atoms with Crippen LogP contribution in [0.4, 0.5) is 0 Å². The standard InChI is InChI=1S/C15H21N/c1-15(2,3)14-8-6-13(7-9-14)12-16-10-4-5-11-16/h4-9H,10-12H2,1-3H3. The highest BCUT2D eigenvalue weighted by molar-refractivity contribution is 5.27. The van der Waals surface area contributed by atoms with E-state index in [1.165, 1.54) is 11.1 Å². The predicted molar refractivity (Wildman–Crippen MR) is 69.6 cm³/mol. The van der Waals surface area contributed by atoms with Gasteiger partial charge < -0.3 is 0 Å². The molecule has 0 atom stereocenters. The highest BCUT2D eigenvalue weighted by Crippen LogP contribution is 2.22. The van der Waals surface area contributed by atoms with Crippen molar-refractivity contribution in [3.05, 3.63) is 47.5 Å². The molecule has 0 saturated heterocycles. The highest BCUT2D eigenvalue weighted by atomic mass is 15.1. The molecule has 1 nitrogen and oxygen atoms in total. The fourth-order valence-electron chi connectivity index (χ4n) is 2.02. The van der Waals surface area contributed by atoms with E-state index in [9.17, 15) is 0 Å². The number of hydrogen-bond donors (Lipinski definition) is 0. The lowest BCUT2D eigenvalue weighted by molar-refractivity contribution is 0.345. The van der Waals surface area contributed by atoms with Crippen molar-refractivity contribution in [2.45, 2.75) is 32.7 Å². The van der Waals surface area contributed by atoms with Crippen LogP contribution in [0.1, 0.15) is 31.9 Å². The molecule has 2 rings (SSSR count). The second-order valence-electron chi connectivity index (χ2n) is 5.61. The first-order chi connectivity index (χ1) is 7.55. The Morgan fingerprint density at radius 3 is 2.06 bits per heavy atom. The number of benzene rings is 1. The van der Waals surface area contributed by atoms with Crippen molar-refractivity contribution >= 4 is 0 Å². The smallest absolute Gasteiger partial charge is 0.0240 e. The topological polar surface area (TPSA) is 3.24 Å². The molecule has 1 aromatic carbocycles. The second kappa shape index (κ2) is 4.42. The van der Waals surface area contributed by atoms with Crippen LogP contribution in [0.5, 0.6) is 0 Å². The molecular weight excluding hydrogens is 194 g/mol. The fourth-order valence-corrected chi connectivity index (χ4v) is 2.02. The van der Waals surface area contributed by atoms with Crippen molar-refractivity contribution in [3.63, 3.8) is 0 Å². The van der Waals surface area contributed by atoms with Crippen LogP contribution < -0.4 is 0 Å². The van der Waals surface area contributed by atoms with Crippen LogP contribution >= 0.6 is 0 Å². The van der Waals surface area contributed by atoms with Gasteiger partial charge >= 0.3 is 0 Å². The average Bonchev–Trinajstić information content (AvgIpc) is 2.70. The van der Waals surface area contributed by atoms with Crippen molar-refractivity contribution < 1.29 is 0 Å². The summed E-state index contributed by atoms with van der Waals surface area (Å²) < 4.78 is 0. The number of hydrogen-bond acceptors (Lipinski definition) is 1. The molecule has 0 fully saturated rings. The fraction of sp³-hybridized carbons (Fsp3) is 0.467. The third-order valence-corrected chi connectivity index (χ3v) is 3.12. The summed E-state index contributed by atoms with van der Waals surface area (Å²) in [6.07, 6.45) is 4.48. The van der Waals surface area contributed by atoms with Crippen molar-refractivity contribution in [1.82, 2.24) is 4.90 Å². The minimum atomic E-state index is 0.258. The quantitative estimate of drug-likeness (QED) is 0.684. The van der Waals surface area contributed by atoms with E-state index in [0.717, 1.165) is 19.6 Å². The van der Waals surface area contributed by atoms with Crippen molar-refractivity contribution in [1.29, 1.82) is 0 Å². The van der Waals surface area contributed by atoms with Crippen LogP contribution in [0.25, 0.3) is 0 Å². The van der Waals surface area contributed by atoms with Gasteiger partial charge in [-0.25, -0.2) is 0 Å². The molecule has 0 saturated carbocycles. The molecule has 0 radical (unpaired) electrons. The number of nitrogens with zero attached hydrogens (tertiary/aromatic N) is 1. The Kier molecular flexibility index (Phi) is 3.15. The Bertz CT molecular complexity index is 359. The predicted octanol–water partition coefficient (Wildman–Crippen LogP) is 3.36. The molecule has 0 bridgehead atoms. The summed E-state index contributed by atoms with van der Waals surface area (Å²) in [6, 6.07) is 9.05.